The first kappa shape index (κ1) is 15.9. The van der Waals surface area contributed by atoms with Crippen molar-refractivity contribution in [2.24, 2.45) is 21.8 Å². The number of aryl methyl sites for hydroxylation is 2. The number of hydrogen-bond donors (Lipinski definition) is 2. The zero-order chi connectivity index (χ0) is 17.1. The molecule has 0 saturated carbocycles. The molecule has 6 heteroatoms. The van der Waals surface area contributed by atoms with E-state index in [9.17, 15) is 0 Å². The molecular weight excluding hydrogens is 304 g/mol. The van der Waals surface area contributed by atoms with Crippen molar-refractivity contribution in [1.82, 2.24) is 0 Å². The number of benzene rings is 2. The van der Waals surface area contributed by atoms with Gasteiger partial charge in [-0.25, -0.2) is 0 Å². The molecule has 0 aromatic heterocycles. The third-order valence-electron chi connectivity index (χ3n) is 3.84. The molecule has 2 aromatic carbocycles. The number of fused-ring (bicyclic) bond motifs is 2. The summed E-state index contributed by atoms with van der Waals surface area (Å²) in [6.07, 6.45) is 0. The fourth-order valence-corrected chi connectivity index (χ4v) is 2.59. The van der Waals surface area contributed by atoms with Crippen molar-refractivity contribution in [1.29, 1.82) is 0 Å². The quantitative estimate of drug-likeness (QED) is 0.777. The molecule has 6 nitrogen and oxygen atoms in total. The lowest BCUT2D eigenvalue weighted by Crippen LogP contribution is -2.20. The molecule has 0 aliphatic carbocycles. The minimum Gasteiger partial charge on any atom is -0.389 e. The molecule has 2 aliphatic rings. The van der Waals surface area contributed by atoms with Gasteiger partial charge in [0, 0.05) is 22.3 Å². The predicted octanol–water partition coefficient (Wildman–Crippen LogP) is 2.29. The highest BCUT2D eigenvalue weighted by Crippen LogP contribution is 2.17. The van der Waals surface area contributed by atoms with Gasteiger partial charge in [-0.2, -0.15) is 0 Å². The molecule has 4 rings (SSSR count). The lowest BCUT2D eigenvalue weighted by atomic mass is 10.0. The van der Waals surface area contributed by atoms with Crippen LogP contribution in [0.4, 0.5) is 0 Å². The summed E-state index contributed by atoms with van der Waals surface area (Å²) in [6, 6.07) is 12.2. The van der Waals surface area contributed by atoms with Crippen LogP contribution in [0.2, 0.25) is 0 Å². The van der Waals surface area contributed by atoms with Crippen molar-refractivity contribution in [3.63, 3.8) is 0 Å². The number of nitrogens with two attached hydrogens (primary N) is 2. The van der Waals surface area contributed by atoms with Crippen LogP contribution in [-0.4, -0.2) is 11.7 Å². The molecule has 0 spiro atoms. The largest absolute Gasteiger partial charge is 0.389 e. The number of oxime groups is 2. The first-order valence-electron chi connectivity index (χ1n) is 7.65. The molecule has 2 aromatic rings. The maximum atomic E-state index is 5.64. The van der Waals surface area contributed by atoms with Gasteiger partial charge in [0.05, 0.1) is 0 Å². The lowest BCUT2D eigenvalue weighted by molar-refractivity contribution is 0.125. The molecule has 4 N–H and O–H groups in total. The molecule has 124 valence electrons. The van der Waals surface area contributed by atoms with Gasteiger partial charge < -0.3 is 21.1 Å². The second-order valence-electron chi connectivity index (χ2n) is 5.82. The van der Waals surface area contributed by atoms with Gasteiger partial charge in [-0.15, -0.1) is 0 Å². The molecule has 0 atom stereocenters. The topological polar surface area (TPSA) is 95.2 Å². The van der Waals surface area contributed by atoms with Crippen molar-refractivity contribution in [3.8, 4) is 0 Å². The summed E-state index contributed by atoms with van der Waals surface area (Å²) in [7, 11) is 0. The van der Waals surface area contributed by atoms with Crippen LogP contribution in [0.25, 0.3) is 0 Å². The van der Waals surface area contributed by atoms with Crippen molar-refractivity contribution in [3.05, 3.63) is 69.8 Å². The highest BCUT2D eigenvalue weighted by atomic mass is 16.6. The Labute approximate surface area is 140 Å². The Balaban J connectivity index is 0.000000141. The molecule has 0 bridgehead atoms. The van der Waals surface area contributed by atoms with Crippen LogP contribution in [0.15, 0.2) is 46.7 Å². The Bertz CT molecular complexity index is 828. The van der Waals surface area contributed by atoms with E-state index >= 15 is 0 Å². The zero-order valence-electron chi connectivity index (χ0n) is 13.7. The standard InChI is InChI=1S/2C9H10N2O/c1-6-2-3-8-7(4-6)5-12-11-9(8)10;1-6-2-3-7-5-12-11-9(10)8(7)4-6/h2*2-4H,5H2,1H3,(H2,10,11). The van der Waals surface area contributed by atoms with Gasteiger partial charge in [-0.1, -0.05) is 51.8 Å². The third kappa shape index (κ3) is 3.32. The molecule has 0 saturated heterocycles. The van der Waals surface area contributed by atoms with Crippen LogP contribution in [-0.2, 0) is 22.9 Å². The van der Waals surface area contributed by atoms with Crippen molar-refractivity contribution < 1.29 is 9.68 Å². The maximum absolute atomic E-state index is 5.64. The van der Waals surface area contributed by atoms with Crippen LogP contribution < -0.4 is 11.5 Å². The van der Waals surface area contributed by atoms with Gasteiger partial charge in [-0.3, -0.25) is 0 Å². The van der Waals surface area contributed by atoms with Crippen molar-refractivity contribution in [2.45, 2.75) is 27.1 Å². The molecular formula is C18H20N4O2. The predicted molar refractivity (Wildman–Crippen MR) is 93.4 cm³/mol. The van der Waals surface area contributed by atoms with Gasteiger partial charge in [0.2, 0.25) is 0 Å². The Hall–Kier alpha value is -3.02. The highest BCUT2D eigenvalue weighted by molar-refractivity contribution is 5.99. The lowest BCUT2D eigenvalue weighted by Gasteiger charge is -2.13. The SMILES string of the molecule is Cc1ccc2c(c1)C(N)=NOC2.Cc1ccc2c(c1)CON=C2N. The van der Waals surface area contributed by atoms with E-state index in [1.54, 1.807) is 0 Å². The first-order chi connectivity index (χ1) is 11.5. The average molecular weight is 324 g/mol. The minimum absolute atomic E-state index is 0.469. The van der Waals surface area contributed by atoms with E-state index in [0.717, 1.165) is 22.3 Å². The molecule has 0 fully saturated rings. The Morgan fingerprint density at radius 3 is 2.08 bits per heavy atom. The average Bonchev–Trinajstić information content (AvgIpc) is 2.56. The van der Waals surface area contributed by atoms with Crippen LogP contribution in [0.1, 0.15) is 33.4 Å². The Kier molecular flexibility index (Phi) is 4.37. The van der Waals surface area contributed by atoms with Crippen LogP contribution in [0.3, 0.4) is 0 Å². The Morgan fingerprint density at radius 2 is 1.33 bits per heavy atom. The molecule has 2 heterocycles. The molecule has 0 amide bonds. The van der Waals surface area contributed by atoms with Crippen LogP contribution in [0.5, 0.6) is 0 Å². The summed E-state index contributed by atoms with van der Waals surface area (Å²) < 4.78 is 0. The number of amidine groups is 2. The van der Waals surface area contributed by atoms with Crippen LogP contribution >= 0.6 is 0 Å². The molecule has 0 radical (unpaired) electrons. The Morgan fingerprint density at radius 1 is 0.750 bits per heavy atom. The second kappa shape index (κ2) is 6.62. The fraction of sp³-hybridized carbons (Fsp3) is 0.222. The summed E-state index contributed by atoms with van der Waals surface area (Å²) in [4.78, 5) is 9.84. The fourth-order valence-electron chi connectivity index (χ4n) is 2.59. The summed E-state index contributed by atoms with van der Waals surface area (Å²) in [5, 5.41) is 7.40. The first-order valence-corrected chi connectivity index (χ1v) is 7.65. The van der Waals surface area contributed by atoms with E-state index in [1.807, 2.05) is 44.2 Å². The van der Waals surface area contributed by atoms with Gasteiger partial charge in [0.1, 0.15) is 13.2 Å². The van der Waals surface area contributed by atoms with E-state index in [0.29, 0.717) is 24.9 Å². The smallest absolute Gasteiger partial charge is 0.170 e. The molecule has 2 aliphatic heterocycles. The highest BCUT2D eigenvalue weighted by Gasteiger charge is 2.12. The molecule has 24 heavy (non-hydrogen) atoms. The summed E-state index contributed by atoms with van der Waals surface area (Å²) in [5.74, 6) is 0.941. The molecule has 0 unspecified atom stereocenters. The summed E-state index contributed by atoms with van der Waals surface area (Å²) in [5.41, 5.74) is 17.9. The van der Waals surface area contributed by atoms with E-state index in [2.05, 4.69) is 16.4 Å². The maximum Gasteiger partial charge on any atom is 0.170 e. The third-order valence-corrected chi connectivity index (χ3v) is 3.84. The van der Waals surface area contributed by atoms with Gasteiger partial charge in [0.25, 0.3) is 0 Å². The minimum atomic E-state index is 0.469. The monoisotopic (exact) mass is 324 g/mol. The van der Waals surface area contributed by atoms with Gasteiger partial charge in [0.15, 0.2) is 11.7 Å². The summed E-state index contributed by atoms with van der Waals surface area (Å²) >= 11 is 0. The van der Waals surface area contributed by atoms with E-state index in [4.69, 9.17) is 21.1 Å². The van der Waals surface area contributed by atoms with E-state index in [1.165, 1.54) is 11.1 Å². The number of nitrogens with zero attached hydrogens (tertiary/aromatic N) is 2. The van der Waals surface area contributed by atoms with Gasteiger partial charge in [-0.05, 0) is 19.9 Å². The van der Waals surface area contributed by atoms with E-state index < -0.39 is 0 Å². The number of hydrogen-bond acceptors (Lipinski definition) is 6. The van der Waals surface area contributed by atoms with Crippen molar-refractivity contribution in [2.75, 3.05) is 0 Å². The normalized spacial score (nSPS) is 14.6. The van der Waals surface area contributed by atoms with Crippen LogP contribution in [0, 0.1) is 13.8 Å². The van der Waals surface area contributed by atoms with Crippen molar-refractivity contribution >= 4 is 11.7 Å². The second-order valence-corrected chi connectivity index (χ2v) is 5.82. The van der Waals surface area contributed by atoms with E-state index in [-0.39, 0.29) is 0 Å². The zero-order valence-corrected chi connectivity index (χ0v) is 13.7. The number of rotatable bonds is 0. The van der Waals surface area contributed by atoms with Gasteiger partial charge >= 0.3 is 0 Å². The summed E-state index contributed by atoms with van der Waals surface area (Å²) in [6.45, 7) is 5.12.